The first-order valence-corrected chi connectivity index (χ1v) is 12.3. The van der Waals surface area contributed by atoms with E-state index in [-0.39, 0.29) is 12.3 Å². The number of benzene rings is 3. The van der Waals surface area contributed by atoms with Crippen LogP contribution in [0.25, 0.3) is 0 Å². The van der Waals surface area contributed by atoms with Crippen LogP contribution in [0.3, 0.4) is 0 Å². The molecule has 9 heteroatoms. The molecule has 3 aromatic rings. The number of nitrogens with one attached hydrogen (secondary N) is 1. The summed E-state index contributed by atoms with van der Waals surface area (Å²) in [6, 6.07) is 17.1. The van der Waals surface area contributed by atoms with Crippen molar-refractivity contribution in [2.24, 2.45) is 5.10 Å². The fourth-order valence-electron chi connectivity index (χ4n) is 3.24. The van der Waals surface area contributed by atoms with E-state index in [9.17, 15) is 18.3 Å². The summed E-state index contributed by atoms with van der Waals surface area (Å²) < 4.78 is 31.2. The Morgan fingerprint density at radius 1 is 1.09 bits per heavy atom. The molecular weight excluding hydrogens is 454 g/mol. The van der Waals surface area contributed by atoms with Crippen LogP contribution in [-0.4, -0.2) is 39.0 Å². The topological polar surface area (TPSA) is 108 Å². The van der Waals surface area contributed by atoms with Crippen LogP contribution in [0, 0.1) is 13.8 Å². The molecule has 3 rings (SSSR count). The summed E-state index contributed by atoms with van der Waals surface area (Å²) in [5.74, 6) is -0.222. The summed E-state index contributed by atoms with van der Waals surface area (Å²) in [6.45, 7) is 4.04. The SMILES string of the molecule is COc1cccc(/C=N/NC(=O)c2ccc(CN(c3ccc(C)c(C)c3)S(C)(=O)=O)cc2)c1O. The van der Waals surface area contributed by atoms with E-state index in [1.54, 1.807) is 48.5 Å². The van der Waals surface area contributed by atoms with Gasteiger partial charge in [0.05, 0.1) is 31.8 Å². The number of hydrogen-bond donors (Lipinski definition) is 2. The lowest BCUT2D eigenvalue weighted by atomic mass is 10.1. The van der Waals surface area contributed by atoms with Gasteiger partial charge in [-0.2, -0.15) is 5.10 Å². The number of aryl methyl sites for hydroxylation is 2. The van der Waals surface area contributed by atoms with Gasteiger partial charge in [0, 0.05) is 11.1 Å². The maximum absolute atomic E-state index is 12.4. The standard InChI is InChI=1S/C25H27N3O5S/c1-17-8-13-22(14-18(17)2)28(34(4,31)32)16-19-9-11-20(12-10-19)25(30)27-26-15-21-6-5-7-23(33-3)24(21)29/h5-15,29H,16H2,1-4H3,(H,27,30)/b26-15+. The van der Waals surface area contributed by atoms with Crippen molar-refractivity contribution in [1.82, 2.24) is 5.43 Å². The number of para-hydroxylation sites is 1. The molecule has 0 atom stereocenters. The molecule has 0 saturated heterocycles. The van der Waals surface area contributed by atoms with Gasteiger partial charge < -0.3 is 9.84 Å². The molecule has 0 radical (unpaired) electrons. The minimum atomic E-state index is -3.51. The minimum absolute atomic E-state index is 0.0773. The molecule has 0 spiro atoms. The third-order valence-corrected chi connectivity index (χ3v) is 6.48. The second-order valence-corrected chi connectivity index (χ2v) is 9.74. The highest BCUT2D eigenvalue weighted by Gasteiger charge is 2.18. The predicted octanol–water partition coefficient (Wildman–Crippen LogP) is 3.75. The smallest absolute Gasteiger partial charge is 0.271 e. The number of phenols is 1. The first-order chi connectivity index (χ1) is 16.1. The monoisotopic (exact) mass is 481 g/mol. The van der Waals surface area contributed by atoms with Crippen LogP contribution in [-0.2, 0) is 16.6 Å². The van der Waals surface area contributed by atoms with Gasteiger partial charge in [0.2, 0.25) is 10.0 Å². The normalized spacial score (nSPS) is 11.4. The summed E-state index contributed by atoms with van der Waals surface area (Å²) in [5, 5.41) is 14.0. The zero-order chi connectivity index (χ0) is 24.9. The Morgan fingerprint density at radius 3 is 2.41 bits per heavy atom. The van der Waals surface area contributed by atoms with Crippen molar-refractivity contribution in [2.75, 3.05) is 17.7 Å². The Labute approximate surface area is 199 Å². The number of nitrogens with zero attached hydrogens (tertiary/aromatic N) is 2. The van der Waals surface area contributed by atoms with Crippen molar-refractivity contribution in [2.45, 2.75) is 20.4 Å². The highest BCUT2D eigenvalue weighted by Crippen LogP contribution is 2.28. The number of methoxy groups -OCH3 is 1. The summed E-state index contributed by atoms with van der Waals surface area (Å²) in [7, 11) is -2.07. The molecule has 0 heterocycles. The second-order valence-electron chi connectivity index (χ2n) is 7.83. The zero-order valence-corrected chi connectivity index (χ0v) is 20.3. The Balaban J connectivity index is 1.71. The maximum Gasteiger partial charge on any atom is 0.271 e. The van der Waals surface area contributed by atoms with Crippen LogP contribution in [0.4, 0.5) is 5.69 Å². The van der Waals surface area contributed by atoms with E-state index < -0.39 is 15.9 Å². The average molecular weight is 482 g/mol. The fraction of sp³-hybridized carbons (Fsp3) is 0.200. The van der Waals surface area contributed by atoms with Crippen molar-refractivity contribution in [3.05, 3.63) is 88.5 Å². The first-order valence-electron chi connectivity index (χ1n) is 10.4. The molecule has 0 fully saturated rings. The number of hydrogen-bond acceptors (Lipinski definition) is 6. The van der Waals surface area contributed by atoms with E-state index >= 15 is 0 Å². The van der Waals surface area contributed by atoms with Gasteiger partial charge in [0.1, 0.15) is 0 Å². The van der Waals surface area contributed by atoms with Gasteiger partial charge in [-0.25, -0.2) is 13.8 Å². The van der Waals surface area contributed by atoms with Gasteiger partial charge in [-0.15, -0.1) is 0 Å². The number of sulfonamides is 1. The quantitative estimate of drug-likeness (QED) is 0.376. The number of ether oxygens (including phenoxy) is 1. The van der Waals surface area contributed by atoms with Crippen LogP contribution in [0.15, 0.2) is 65.8 Å². The zero-order valence-electron chi connectivity index (χ0n) is 19.4. The molecular formula is C25H27N3O5S. The van der Waals surface area contributed by atoms with Crippen molar-refractivity contribution in [1.29, 1.82) is 0 Å². The number of aromatic hydroxyl groups is 1. The molecule has 34 heavy (non-hydrogen) atoms. The molecule has 0 aliphatic heterocycles. The van der Waals surface area contributed by atoms with E-state index in [1.165, 1.54) is 23.9 Å². The van der Waals surface area contributed by atoms with E-state index in [1.807, 2.05) is 26.0 Å². The molecule has 0 saturated carbocycles. The lowest BCUT2D eigenvalue weighted by Crippen LogP contribution is -2.29. The average Bonchev–Trinajstić information content (AvgIpc) is 2.80. The van der Waals surface area contributed by atoms with Gasteiger partial charge in [-0.3, -0.25) is 9.10 Å². The van der Waals surface area contributed by atoms with Crippen LogP contribution in [0.1, 0.15) is 32.6 Å². The molecule has 0 aliphatic rings. The van der Waals surface area contributed by atoms with Crippen LogP contribution < -0.4 is 14.5 Å². The third-order valence-electron chi connectivity index (χ3n) is 5.34. The number of rotatable bonds is 8. The van der Waals surface area contributed by atoms with Gasteiger partial charge >= 0.3 is 0 Å². The summed E-state index contributed by atoms with van der Waals surface area (Å²) >= 11 is 0. The Bertz CT molecular complexity index is 1320. The van der Waals surface area contributed by atoms with Crippen LogP contribution in [0.5, 0.6) is 11.5 Å². The second kappa shape index (κ2) is 10.4. The third kappa shape index (κ3) is 5.93. The lowest BCUT2D eigenvalue weighted by molar-refractivity contribution is 0.0955. The molecule has 0 bridgehead atoms. The predicted molar refractivity (Wildman–Crippen MR) is 133 cm³/mol. The number of amides is 1. The van der Waals surface area contributed by atoms with Gasteiger partial charge in [0.25, 0.3) is 5.91 Å². The van der Waals surface area contributed by atoms with E-state index in [0.717, 1.165) is 16.7 Å². The molecule has 0 aliphatic carbocycles. The summed E-state index contributed by atoms with van der Waals surface area (Å²) in [6.07, 6.45) is 2.49. The number of carbonyl (C=O) groups is 1. The highest BCUT2D eigenvalue weighted by atomic mass is 32.2. The van der Waals surface area contributed by atoms with Crippen molar-refractivity contribution < 1.29 is 23.1 Å². The molecule has 178 valence electrons. The maximum atomic E-state index is 12.4. The Hall–Kier alpha value is -3.85. The van der Waals surface area contributed by atoms with Gasteiger partial charge in [-0.1, -0.05) is 24.3 Å². The minimum Gasteiger partial charge on any atom is -0.504 e. The molecule has 0 unspecified atom stereocenters. The number of phenolic OH excluding ortho intramolecular Hbond substituents is 1. The number of carbonyl (C=O) groups excluding carboxylic acids is 1. The summed E-state index contributed by atoms with van der Waals surface area (Å²) in [5.41, 5.74) is 6.55. The van der Waals surface area contributed by atoms with Crippen molar-refractivity contribution in [3.8, 4) is 11.5 Å². The number of hydrazone groups is 1. The number of anilines is 1. The van der Waals surface area contributed by atoms with E-state index in [4.69, 9.17) is 4.74 Å². The lowest BCUT2D eigenvalue weighted by Gasteiger charge is -2.23. The fourth-order valence-corrected chi connectivity index (χ4v) is 4.12. The molecule has 2 N–H and O–H groups in total. The van der Waals surface area contributed by atoms with Crippen LogP contribution >= 0.6 is 0 Å². The van der Waals surface area contributed by atoms with E-state index in [0.29, 0.717) is 22.6 Å². The van der Waals surface area contributed by atoms with Gasteiger partial charge in [-0.05, 0) is 66.9 Å². The molecule has 0 aromatic heterocycles. The molecule has 1 amide bonds. The largest absolute Gasteiger partial charge is 0.504 e. The Kier molecular flexibility index (Phi) is 7.57. The van der Waals surface area contributed by atoms with Crippen molar-refractivity contribution in [3.63, 3.8) is 0 Å². The van der Waals surface area contributed by atoms with Gasteiger partial charge in [0.15, 0.2) is 11.5 Å². The summed E-state index contributed by atoms with van der Waals surface area (Å²) in [4.78, 5) is 12.4. The van der Waals surface area contributed by atoms with Crippen molar-refractivity contribution >= 4 is 27.8 Å². The molecule has 8 nitrogen and oxygen atoms in total. The highest BCUT2D eigenvalue weighted by molar-refractivity contribution is 7.92. The Morgan fingerprint density at radius 2 is 1.79 bits per heavy atom. The van der Waals surface area contributed by atoms with Crippen LogP contribution in [0.2, 0.25) is 0 Å². The first kappa shape index (κ1) is 24.8. The van der Waals surface area contributed by atoms with E-state index in [2.05, 4.69) is 10.5 Å². The molecule has 3 aromatic carbocycles.